The van der Waals surface area contributed by atoms with E-state index in [0.29, 0.717) is 5.75 Å². The molecule has 0 fully saturated rings. The Hall–Kier alpha value is -0.540. The van der Waals surface area contributed by atoms with Crippen LogP contribution in [0.5, 0.6) is 5.75 Å². The molecule has 3 heteroatoms. The van der Waals surface area contributed by atoms with Crippen LogP contribution < -0.4 is 0 Å². The minimum atomic E-state index is 0.181. The molecule has 2 nitrogen and oxygen atoms in total. The van der Waals surface area contributed by atoms with Crippen LogP contribution in [0.2, 0.25) is 0 Å². The second kappa shape index (κ2) is 4.80. The molecule has 0 aliphatic carbocycles. The largest absolute Gasteiger partial charge is 0.507 e. The first kappa shape index (κ1) is 11.5. The first-order valence-electron chi connectivity index (χ1n) is 4.66. The lowest BCUT2D eigenvalue weighted by atomic mass is 10.0. The van der Waals surface area contributed by atoms with Gasteiger partial charge in [-0.15, -0.1) is 0 Å². The Morgan fingerprint density at radius 2 is 2.00 bits per heavy atom. The van der Waals surface area contributed by atoms with Crippen molar-refractivity contribution in [2.24, 2.45) is 0 Å². The van der Waals surface area contributed by atoms with E-state index in [9.17, 15) is 5.11 Å². The third-order valence-electron chi connectivity index (χ3n) is 2.40. The highest BCUT2D eigenvalue weighted by atomic mass is 79.9. The first-order valence-corrected chi connectivity index (χ1v) is 5.45. The molecule has 0 saturated heterocycles. The van der Waals surface area contributed by atoms with E-state index < -0.39 is 0 Å². The molecule has 0 unspecified atom stereocenters. The number of phenolic OH excluding ortho intramolecular Hbond substituents is 1. The summed E-state index contributed by atoms with van der Waals surface area (Å²) in [4.78, 5) is 0. The summed E-state index contributed by atoms with van der Waals surface area (Å²) in [7, 11) is 0. The minimum Gasteiger partial charge on any atom is -0.507 e. The van der Waals surface area contributed by atoms with Crippen LogP contribution in [-0.2, 0) is 6.42 Å². The zero-order chi connectivity index (χ0) is 10.7. The van der Waals surface area contributed by atoms with Crippen LogP contribution in [-0.4, -0.2) is 16.8 Å². The van der Waals surface area contributed by atoms with Crippen LogP contribution in [0.4, 0.5) is 0 Å². The van der Waals surface area contributed by atoms with E-state index in [2.05, 4.69) is 15.9 Å². The average Bonchev–Trinajstić information content (AvgIpc) is 2.14. The number of rotatable bonds is 3. The van der Waals surface area contributed by atoms with Crippen molar-refractivity contribution in [2.45, 2.75) is 26.7 Å². The van der Waals surface area contributed by atoms with Gasteiger partial charge in [0.1, 0.15) is 5.75 Å². The number of hydrogen-bond acceptors (Lipinski definition) is 2. The van der Waals surface area contributed by atoms with Crippen LogP contribution in [0.15, 0.2) is 10.5 Å². The topological polar surface area (TPSA) is 40.5 Å². The summed E-state index contributed by atoms with van der Waals surface area (Å²) < 4.78 is 1.01. The molecular weight excluding hydrogens is 244 g/mol. The van der Waals surface area contributed by atoms with Crippen molar-refractivity contribution in [1.29, 1.82) is 0 Å². The molecule has 0 aliphatic rings. The van der Waals surface area contributed by atoms with Gasteiger partial charge in [-0.25, -0.2) is 0 Å². The monoisotopic (exact) mass is 258 g/mol. The summed E-state index contributed by atoms with van der Waals surface area (Å²) in [5.41, 5.74) is 2.87. The molecule has 0 saturated carbocycles. The maximum absolute atomic E-state index is 9.73. The van der Waals surface area contributed by atoms with Crippen molar-refractivity contribution >= 4 is 15.9 Å². The Labute approximate surface area is 92.7 Å². The average molecular weight is 259 g/mol. The third-order valence-corrected chi connectivity index (χ3v) is 3.11. The zero-order valence-corrected chi connectivity index (χ0v) is 10.1. The molecule has 0 aromatic heterocycles. The Kier molecular flexibility index (Phi) is 3.96. The quantitative estimate of drug-likeness (QED) is 0.876. The number of benzene rings is 1. The lowest BCUT2D eigenvalue weighted by molar-refractivity contribution is 0.288. The second-order valence-corrected chi connectivity index (χ2v) is 4.31. The van der Waals surface area contributed by atoms with Gasteiger partial charge in [-0.2, -0.15) is 0 Å². The molecule has 14 heavy (non-hydrogen) atoms. The van der Waals surface area contributed by atoms with Crippen molar-refractivity contribution in [3.63, 3.8) is 0 Å². The fourth-order valence-electron chi connectivity index (χ4n) is 1.53. The van der Waals surface area contributed by atoms with Crippen molar-refractivity contribution in [2.75, 3.05) is 6.61 Å². The molecule has 0 radical (unpaired) electrons. The van der Waals surface area contributed by atoms with Crippen LogP contribution in [0.25, 0.3) is 0 Å². The van der Waals surface area contributed by atoms with Crippen LogP contribution in [0, 0.1) is 13.8 Å². The SMILES string of the molecule is Cc1cc(Br)c(CCCO)c(C)c1O. The third kappa shape index (κ3) is 2.28. The van der Waals surface area contributed by atoms with Crippen molar-refractivity contribution in [1.82, 2.24) is 0 Å². The highest BCUT2D eigenvalue weighted by molar-refractivity contribution is 9.10. The van der Waals surface area contributed by atoms with Gasteiger partial charge in [0.25, 0.3) is 0 Å². The van der Waals surface area contributed by atoms with E-state index in [-0.39, 0.29) is 6.61 Å². The second-order valence-electron chi connectivity index (χ2n) is 3.45. The van der Waals surface area contributed by atoms with Crippen molar-refractivity contribution in [3.8, 4) is 5.75 Å². The molecule has 1 rings (SSSR count). The number of aliphatic hydroxyl groups excluding tert-OH is 1. The van der Waals surface area contributed by atoms with Gasteiger partial charge in [-0.3, -0.25) is 0 Å². The fraction of sp³-hybridized carbons (Fsp3) is 0.455. The van der Waals surface area contributed by atoms with Crippen molar-refractivity contribution < 1.29 is 10.2 Å². The number of aryl methyl sites for hydroxylation is 1. The lowest BCUT2D eigenvalue weighted by Gasteiger charge is -2.12. The number of phenols is 1. The van der Waals surface area contributed by atoms with E-state index >= 15 is 0 Å². The Morgan fingerprint density at radius 1 is 1.36 bits per heavy atom. The van der Waals surface area contributed by atoms with Gasteiger partial charge < -0.3 is 10.2 Å². The van der Waals surface area contributed by atoms with Gasteiger partial charge in [-0.05, 0) is 49.4 Å². The van der Waals surface area contributed by atoms with Gasteiger partial charge in [-0.1, -0.05) is 15.9 Å². The van der Waals surface area contributed by atoms with E-state index in [4.69, 9.17) is 5.11 Å². The highest BCUT2D eigenvalue weighted by Crippen LogP contribution is 2.31. The summed E-state index contributed by atoms with van der Waals surface area (Å²) in [6.45, 7) is 3.96. The smallest absolute Gasteiger partial charge is 0.121 e. The molecule has 1 aromatic rings. The molecule has 0 heterocycles. The summed E-state index contributed by atoms with van der Waals surface area (Å²) in [6, 6.07) is 1.91. The van der Waals surface area contributed by atoms with Gasteiger partial charge in [0.15, 0.2) is 0 Å². The molecule has 78 valence electrons. The minimum absolute atomic E-state index is 0.181. The van der Waals surface area contributed by atoms with Crippen LogP contribution in [0.3, 0.4) is 0 Å². The van der Waals surface area contributed by atoms with Gasteiger partial charge in [0.05, 0.1) is 0 Å². The first-order chi connectivity index (χ1) is 6.57. The number of halogens is 1. The van der Waals surface area contributed by atoms with Gasteiger partial charge >= 0.3 is 0 Å². The molecule has 1 aromatic carbocycles. The Bertz CT molecular complexity index is 335. The lowest BCUT2D eigenvalue weighted by Crippen LogP contribution is -1.96. The molecule has 0 bridgehead atoms. The summed E-state index contributed by atoms with van der Waals surface area (Å²) in [6.07, 6.45) is 1.51. The van der Waals surface area contributed by atoms with Crippen LogP contribution >= 0.6 is 15.9 Å². The number of hydrogen-bond donors (Lipinski definition) is 2. The van der Waals surface area contributed by atoms with E-state index in [1.807, 2.05) is 19.9 Å². The molecule has 2 N–H and O–H groups in total. The van der Waals surface area contributed by atoms with Crippen molar-refractivity contribution in [3.05, 3.63) is 27.2 Å². The highest BCUT2D eigenvalue weighted by Gasteiger charge is 2.10. The number of aromatic hydroxyl groups is 1. The standard InChI is InChI=1S/C11H15BrO2/c1-7-6-10(12)9(4-3-5-13)8(2)11(7)14/h6,13-14H,3-5H2,1-2H3. The van der Waals surface area contributed by atoms with E-state index in [1.54, 1.807) is 0 Å². The normalized spacial score (nSPS) is 10.6. The summed E-state index contributed by atoms with van der Waals surface area (Å²) in [5.74, 6) is 0.362. The number of aliphatic hydroxyl groups is 1. The summed E-state index contributed by atoms with van der Waals surface area (Å²) >= 11 is 3.47. The maximum Gasteiger partial charge on any atom is 0.121 e. The predicted octanol–water partition coefficient (Wildman–Crippen LogP) is 2.70. The van der Waals surface area contributed by atoms with Crippen LogP contribution in [0.1, 0.15) is 23.1 Å². The molecule has 0 atom stereocenters. The van der Waals surface area contributed by atoms with Gasteiger partial charge in [0, 0.05) is 11.1 Å². The van der Waals surface area contributed by atoms with Gasteiger partial charge in [0.2, 0.25) is 0 Å². The summed E-state index contributed by atoms with van der Waals surface area (Å²) in [5, 5.41) is 18.5. The van der Waals surface area contributed by atoms with E-state index in [0.717, 1.165) is 34.0 Å². The molecule has 0 amide bonds. The molecule has 0 aliphatic heterocycles. The zero-order valence-electron chi connectivity index (χ0n) is 8.47. The molecular formula is C11H15BrO2. The predicted molar refractivity (Wildman–Crippen MR) is 60.7 cm³/mol. The maximum atomic E-state index is 9.73. The Balaban J connectivity index is 3.09. The Morgan fingerprint density at radius 3 is 2.57 bits per heavy atom. The molecule has 0 spiro atoms. The fourth-order valence-corrected chi connectivity index (χ4v) is 2.37. The van der Waals surface area contributed by atoms with E-state index in [1.165, 1.54) is 0 Å².